The Morgan fingerprint density at radius 3 is 2.56 bits per heavy atom. The van der Waals surface area contributed by atoms with Crippen molar-refractivity contribution in [3.8, 4) is 17.1 Å². The molecular formula is C18H25N5O3S. The van der Waals surface area contributed by atoms with Crippen molar-refractivity contribution in [3.05, 3.63) is 24.3 Å². The summed E-state index contributed by atoms with van der Waals surface area (Å²) >= 11 is 1.29. The number of carbonyl (C=O) groups excluding carboxylic acids is 1. The van der Waals surface area contributed by atoms with Gasteiger partial charge in [0.2, 0.25) is 11.1 Å². The second kappa shape index (κ2) is 8.62. The van der Waals surface area contributed by atoms with E-state index in [0.29, 0.717) is 30.7 Å². The van der Waals surface area contributed by atoms with E-state index in [-0.39, 0.29) is 23.9 Å². The Morgan fingerprint density at radius 1 is 1.26 bits per heavy atom. The number of nitrogens with zero attached hydrogens (tertiary/aromatic N) is 4. The van der Waals surface area contributed by atoms with Gasteiger partial charge in [-0.15, -0.1) is 10.2 Å². The zero-order valence-corrected chi connectivity index (χ0v) is 16.6. The second-order valence-electron chi connectivity index (χ2n) is 6.48. The lowest BCUT2D eigenvalue weighted by atomic mass is 10.2. The van der Waals surface area contributed by atoms with E-state index in [0.717, 1.165) is 11.3 Å². The van der Waals surface area contributed by atoms with Gasteiger partial charge in [-0.05, 0) is 45.0 Å². The van der Waals surface area contributed by atoms with E-state index in [1.807, 2.05) is 49.9 Å². The summed E-state index contributed by atoms with van der Waals surface area (Å²) in [5.74, 6) is 7.78. The van der Waals surface area contributed by atoms with Crippen LogP contribution in [0.3, 0.4) is 0 Å². The average Bonchev–Trinajstić information content (AvgIpc) is 3.00. The van der Waals surface area contributed by atoms with Crippen molar-refractivity contribution < 1.29 is 14.3 Å². The Hall–Kier alpha value is -2.26. The highest BCUT2D eigenvalue weighted by atomic mass is 32.2. The van der Waals surface area contributed by atoms with Crippen LogP contribution in [0.25, 0.3) is 11.4 Å². The SMILES string of the molecule is CCOc1ccc(-c2nnc(SCC(=O)N3C[C@@H](C)O[C@H](C)C3)n2N)cc1. The maximum absolute atomic E-state index is 12.5. The van der Waals surface area contributed by atoms with Crippen molar-refractivity contribution in [2.75, 3.05) is 31.3 Å². The van der Waals surface area contributed by atoms with Crippen LogP contribution < -0.4 is 10.6 Å². The largest absolute Gasteiger partial charge is 0.494 e. The molecule has 1 aromatic carbocycles. The van der Waals surface area contributed by atoms with Gasteiger partial charge in [0.25, 0.3) is 0 Å². The summed E-state index contributed by atoms with van der Waals surface area (Å²) < 4.78 is 12.5. The molecule has 2 atom stereocenters. The van der Waals surface area contributed by atoms with Crippen molar-refractivity contribution in [3.63, 3.8) is 0 Å². The van der Waals surface area contributed by atoms with Crippen molar-refractivity contribution in [2.45, 2.75) is 38.1 Å². The van der Waals surface area contributed by atoms with Crippen LogP contribution in [0.15, 0.2) is 29.4 Å². The summed E-state index contributed by atoms with van der Waals surface area (Å²) in [6, 6.07) is 7.50. The Kier molecular flexibility index (Phi) is 6.22. The van der Waals surface area contributed by atoms with Crippen LogP contribution in [0.4, 0.5) is 0 Å². The maximum atomic E-state index is 12.5. The standard InChI is InChI=1S/C18H25N5O3S/c1-4-25-15-7-5-14(6-8-15)17-20-21-18(23(17)19)27-11-16(24)22-9-12(2)26-13(3)10-22/h5-8,12-13H,4,9-11,19H2,1-3H3/t12-,13-/m1/s1. The molecule has 27 heavy (non-hydrogen) atoms. The fourth-order valence-corrected chi connectivity index (χ4v) is 3.80. The van der Waals surface area contributed by atoms with Crippen LogP contribution in [0.5, 0.6) is 5.75 Å². The number of thioether (sulfide) groups is 1. The third-order valence-electron chi connectivity index (χ3n) is 4.19. The summed E-state index contributed by atoms with van der Waals surface area (Å²) in [5, 5.41) is 8.78. The van der Waals surface area contributed by atoms with E-state index >= 15 is 0 Å². The molecule has 2 aromatic rings. The molecule has 1 saturated heterocycles. The number of ether oxygens (including phenoxy) is 2. The molecule has 146 valence electrons. The number of nitrogens with two attached hydrogens (primary N) is 1. The maximum Gasteiger partial charge on any atom is 0.233 e. The molecule has 0 aliphatic carbocycles. The van der Waals surface area contributed by atoms with Crippen molar-refractivity contribution >= 4 is 17.7 Å². The minimum absolute atomic E-state index is 0.0483. The van der Waals surface area contributed by atoms with Crippen LogP contribution >= 0.6 is 11.8 Å². The number of aromatic nitrogens is 3. The summed E-state index contributed by atoms with van der Waals surface area (Å²) in [6.45, 7) is 7.72. The Balaban J connectivity index is 1.62. The van der Waals surface area contributed by atoms with Crippen molar-refractivity contribution in [1.82, 2.24) is 19.8 Å². The van der Waals surface area contributed by atoms with E-state index < -0.39 is 0 Å². The van der Waals surface area contributed by atoms with Gasteiger partial charge in [-0.25, -0.2) is 4.68 Å². The second-order valence-corrected chi connectivity index (χ2v) is 7.42. The zero-order valence-electron chi connectivity index (χ0n) is 15.8. The van der Waals surface area contributed by atoms with E-state index in [9.17, 15) is 4.79 Å². The first-order chi connectivity index (χ1) is 13.0. The molecule has 0 spiro atoms. The van der Waals surface area contributed by atoms with Gasteiger partial charge in [0.05, 0.1) is 24.6 Å². The molecule has 0 radical (unpaired) electrons. The fraction of sp³-hybridized carbons (Fsp3) is 0.500. The number of nitrogen functional groups attached to an aromatic ring is 1. The number of benzene rings is 1. The molecule has 1 aliphatic rings. The molecule has 0 bridgehead atoms. The van der Waals surface area contributed by atoms with Crippen LogP contribution in [0.2, 0.25) is 0 Å². The van der Waals surface area contributed by atoms with E-state index in [1.165, 1.54) is 16.4 Å². The van der Waals surface area contributed by atoms with Crippen LogP contribution in [-0.4, -0.2) is 63.3 Å². The zero-order chi connectivity index (χ0) is 19.4. The first-order valence-corrected chi connectivity index (χ1v) is 9.96. The molecule has 8 nitrogen and oxygen atoms in total. The molecule has 1 fully saturated rings. The van der Waals surface area contributed by atoms with Gasteiger partial charge < -0.3 is 20.2 Å². The topological polar surface area (TPSA) is 95.5 Å². The Bertz CT molecular complexity index is 770. The van der Waals surface area contributed by atoms with Gasteiger partial charge in [-0.2, -0.15) is 0 Å². The average molecular weight is 391 g/mol. The smallest absolute Gasteiger partial charge is 0.233 e. The molecule has 0 saturated carbocycles. The minimum atomic E-state index is 0.0483. The van der Waals surface area contributed by atoms with Crippen LogP contribution in [0, 0.1) is 0 Å². The normalized spacial score (nSPS) is 19.9. The van der Waals surface area contributed by atoms with Gasteiger partial charge in [0.1, 0.15) is 5.75 Å². The van der Waals surface area contributed by atoms with Gasteiger partial charge in [-0.3, -0.25) is 4.79 Å². The number of morpholine rings is 1. The lowest BCUT2D eigenvalue weighted by Crippen LogP contribution is -2.48. The Morgan fingerprint density at radius 2 is 1.93 bits per heavy atom. The Labute approximate surface area is 163 Å². The molecule has 2 N–H and O–H groups in total. The molecule has 9 heteroatoms. The predicted molar refractivity (Wildman–Crippen MR) is 104 cm³/mol. The van der Waals surface area contributed by atoms with E-state index in [4.69, 9.17) is 15.3 Å². The first kappa shape index (κ1) is 19.5. The number of rotatable bonds is 6. The van der Waals surface area contributed by atoms with Gasteiger partial charge >= 0.3 is 0 Å². The highest BCUT2D eigenvalue weighted by molar-refractivity contribution is 7.99. The molecule has 1 amide bonds. The third-order valence-corrected chi connectivity index (χ3v) is 5.11. The van der Waals surface area contributed by atoms with Gasteiger partial charge in [0.15, 0.2) is 5.82 Å². The lowest BCUT2D eigenvalue weighted by molar-refractivity contribution is -0.140. The summed E-state index contributed by atoms with van der Waals surface area (Å²) in [5.41, 5.74) is 0.836. The van der Waals surface area contributed by atoms with Crippen molar-refractivity contribution in [2.24, 2.45) is 0 Å². The summed E-state index contributed by atoms with van der Waals surface area (Å²) in [4.78, 5) is 14.3. The van der Waals surface area contributed by atoms with E-state index in [2.05, 4.69) is 10.2 Å². The number of amides is 1. The first-order valence-electron chi connectivity index (χ1n) is 8.97. The highest BCUT2D eigenvalue weighted by Gasteiger charge is 2.26. The number of carbonyl (C=O) groups is 1. The minimum Gasteiger partial charge on any atom is -0.494 e. The number of hydrogen-bond acceptors (Lipinski definition) is 7. The quantitative estimate of drug-likeness (QED) is 0.592. The molecule has 3 rings (SSSR count). The highest BCUT2D eigenvalue weighted by Crippen LogP contribution is 2.24. The lowest BCUT2D eigenvalue weighted by Gasteiger charge is -2.35. The molecule has 2 heterocycles. The van der Waals surface area contributed by atoms with Crippen LogP contribution in [-0.2, 0) is 9.53 Å². The molecule has 0 unspecified atom stereocenters. The summed E-state index contributed by atoms with van der Waals surface area (Å²) in [7, 11) is 0. The van der Waals surface area contributed by atoms with Gasteiger partial charge in [-0.1, -0.05) is 11.8 Å². The molecule has 1 aromatic heterocycles. The fourth-order valence-electron chi connectivity index (χ4n) is 3.04. The van der Waals surface area contributed by atoms with Crippen molar-refractivity contribution in [1.29, 1.82) is 0 Å². The summed E-state index contributed by atoms with van der Waals surface area (Å²) in [6.07, 6.45) is 0.0965. The molecule has 1 aliphatic heterocycles. The monoisotopic (exact) mass is 391 g/mol. The predicted octanol–water partition coefficient (Wildman–Crippen LogP) is 1.79. The van der Waals surface area contributed by atoms with E-state index in [1.54, 1.807) is 0 Å². The van der Waals surface area contributed by atoms with Gasteiger partial charge in [0, 0.05) is 18.7 Å². The number of hydrogen-bond donors (Lipinski definition) is 1. The molecular weight excluding hydrogens is 366 g/mol. The van der Waals surface area contributed by atoms with Crippen LogP contribution in [0.1, 0.15) is 20.8 Å². The third kappa shape index (κ3) is 4.72.